The van der Waals surface area contributed by atoms with E-state index < -0.39 is 0 Å². The molecule has 172 valence electrons. The second kappa shape index (κ2) is 10.8. The monoisotopic (exact) mass is 466 g/mol. The predicted octanol–water partition coefficient (Wildman–Crippen LogP) is 4.40. The van der Waals surface area contributed by atoms with Gasteiger partial charge in [0, 0.05) is 25.5 Å². The van der Waals surface area contributed by atoms with Gasteiger partial charge in [0.15, 0.2) is 23.2 Å². The first kappa shape index (κ1) is 22.6. The molecule has 0 bridgehead atoms. The molecule has 8 nitrogen and oxygen atoms in total. The number of hydrogen-bond acceptors (Lipinski definition) is 7. The summed E-state index contributed by atoms with van der Waals surface area (Å²) in [4.78, 5) is 23.7. The zero-order valence-electron chi connectivity index (χ0n) is 18.6. The van der Waals surface area contributed by atoms with Crippen molar-refractivity contribution in [3.05, 3.63) is 61.2 Å². The fourth-order valence-corrected chi connectivity index (χ4v) is 4.41. The van der Waals surface area contributed by atoms with Crippen molar-refractivity contribution in [2.45, 2.75) is 19.9 Å². The molecule has 0 radical (unpaired) electrons. The van der Waals surface area contributed by atoms with Crippen molar-refractivity contribution in [2.75, 3.05) is 31.8 Å². The number of hydrogen-bond donors (Lipinski definition) is 0. The van der Waals surface area contributed by atoms with Gasteiger partial charge in [0.05, 0.1) is 30.3 Å². The number of ether oxygens (including phenoxy) is 3. The Balaban J connectivity index is 1.53. The maximum atomic E-state index is 13.2. The van der Waals surface area contributed by atoms with Crippen LogP contribution in [-0.2, 0) is 11.3 Å². The fourth-order valence-electron chi connectivity index (χ4n) is 3.38. The van der Waals surface area contributed by atoms with Gasteiger partial charge in [-0.25, -0.2) is 9.97 Å². The summed E-state index contributed by atoms with van der Waals surface area (Å²) in [5.41, 5.74) is 0.830. The van der Waals surface area contributed by atoms with E-state index >= 15 is 0 Å². The SMILES string of the molecule is CCOc1ccc2nc(N(CCCn3ccnc3)C(=O)COc3ccccc3OC)sc2c1. The number of rotatable bonds is 11. The molecular weight excluding hydrogens is 440 g/mol. The first-order valence-electron chi connectivity index (χ1n) is 10.7. The Labute approximate surface area is 196 Å². The van der Waals surface area contributed by atoms with E-state index in [9.17, 15) is 4.79 Å². The highest BCUT2D eigenvalue weighted by Gasteiger charge is 2.21. The van der Waals surface area contributed by atoms with Crippen molar-refractivity contribution in [3.8, 4) is 17.2 Å². The average Bonchev–Trinajstić information content (AvgIpc) is 3.50. The Kier molecular flexibility index (Phi) is 7.41. The Morgan fingerprint density at radius 1 is 1.15 bits per heavy atom. The molecule has 0 saturated heterocycles. The first-order chi connectivity index (χ1) is 16.2. The Bertz CT molecular complexity index is 1190. The number of thiazole rings is 1. The van der Waals surface area contributed by atoms with E-state index in [-0.39, 0.29) is 12.5 Å². The van der Waals surface area contributed by atoms with Crippen molar-refractivity contribution >= 4 is 32.6 Å². The number of nitrogens with zero attached hydrogens (tertiary/aromatic N) is 4. The number of methoxy groups -OCH3 is 1. The van der Waals surface area contributed by atoms with Crippen LogP contribution in [0.25, 0.3) is 10.2 Å². The van der Waals surface area contributed by atoms with Crippen molar-refractivity contribution in [1.29, 1.82) is 0 Å². The normalized spacial score (nSPS) is 10.8. The van der Waals surface area contributed by atoms with Gasteiger partial charge >= 0.3 is 0 Å². The molecule has 2 heterocycles. The molecule has 0 aliphatic heterocycles. The highest BCUT2D eigenvalue weighted by Crippen LogP contribution is 2.32. The third-order valence-corrected chi connectivity index (χ3v) is 6.01. The molecule has 2 aromatic carbocycles. The van der Waals surface area contributed by atoms with E-state index in [0.717, 1.165) is 28.9 Å². The minimum absolute atomic E-state index is 0.119. The third-order valence-electron chi connectivity index (χ3n) is 4.97. The topological polar surface area (TPSA) is 78.7 Å². The van der Waals surface area contributed by atoms with Crippen LogP contribution in [0, 0.1) is 0 Å². The summed E-state index contributed by atoms with van der Waals surface area (Å²) in [6.45, 7) is 3.67. The lowest BCUT2D eigenvalue weighted by molar-refractivity contribution is -0.120. The molecule has 0 fully saturated rings. The van der Waals surface area contributed by atoms with E-state index in [2.05, 4.69) is 4.98 Å². The second-order valence-electron chi connectivity index (χ2n) is 7.20. The maximum absolute atomic E-state index is 13.2. The Morgan fingerprint density at radius 3 is 2.76 bits per heavy atom. The standard InChI is InChI=1S/C24H26N4O4S/c1-3-31-18-9-10-19-22(15-18)33-24(26-19)28(13-6-12-27-14-11-25-17-27)23(29)16-32-21-8-5-4-7-20(21)30-2/h4-5,7-11,14-15,17H,3,6,12-13,16H2,1-2H3. The van der Waals surface area contributed by atoms with E-state index in [1.54, 1.807) is 36.7 Å². The summed E-state index contributed by atoms with van der Waals surface area (Å²) in [6.07, 6.45) is 6.16. The van der Waals surface area contributed by atoms with Crippen LogP contribution < -0.4 is 19.1 Å². The molecule has 0 aliphatic rings. The van der Waals surface area contributed by atoms with Gasteiger partial charge < -0.3 is 18.8 Å². The van der Waals surface area contributed by atoms with Gasteiger partial charge in [-0.3, -0.25) is 9.69 Å². The van der Waals surface area contributed by atoms with Gasteiger partial charge in [0.1, 0.15) is 5.75 Å². The zero-order chi connectivity index (χ0) is 23.0. The number of aromatic nitrogens is 3. The minimum atomic E-state index is -0.171. The fraction of sp³-hybridized carbons (Fsp3) is 0.292. The minimum Gasteiger partial charge on any atom is -0.494 e. The number of benzene rings is 2. The molecule has 0 saturated carbocycles. The Morgan fingerprint density at radius 2 is 2.00 bits per heavy atom. The van der Waals surface area contributed by atoms with E-state index in [0.29, 0.717) is 29.8 Å². The van der Waals surface area contributed by atoms with E-state index in [4.69, 9.17) is 19.2 Å². The number of aryl methyl sites for hydroxylation is 1. The summed E-state index contributed by atoms with van der Waals surface area (Å²) in [5, 5.41) is 0.637. The van der Waals surface area contributed by atoms with Crippen molar-refractivity contribution < 1.29 is 19.0 Å². The van der Waals surface area contributed by atoms with Crippen LogP contribution in [0.2, 0.25) is 0 Å². The number of anilines is 1. The van der Waals surface area contributed by atoms with Gasteiger partial charge in [-0.2, -0.15) is 0 Å². The first-order valence-corrected chi connectivity index (χ1v) is 11.5. The molecule has 0 spiro atoms. The molecular formula is C24H26N4O4S. The number of carbonyl (C=O) groups excluding carboxylic acids is 1. The number of imidazole rings is 1. The number of para-hydroxylation sites is 2. The molecule has 0 aliphatic carbocycles. The van der Waals surface area contributed by atoms with Crippen LogP contribution in [0.1, 0.15) is 13.3 Å². The zero-order valence-corrected chi connectivity index (χ0v) is 19.5. The molecule has 0 unspecified atom stereocenters. The summed E-state index contributed by atoms with van der Waals surface area (Å²) in [5.74, 6) is 1.73. The number of amides is 1. The third kappa shape index (κ3) is 5.61. The molecule has 33 heavy (non-hydrogen) atoms. The van der Waals surface area contributed by atoms with Crippen LogP contribution in [0.4, 0.5) is 5.13 Å². The smallest absolute Gasteiger partial charge is 0.266 e. The van der Waals surface area contributed by atoms with Gasteiger partial charge in [-0.05, 0) is 43.7 Å². The number of fused-ring (bicyclic) bond motifs is 1. The second-order valence-corrected chi connectivity index (χ2v) is 8.21. The van der Waals surface area contributed by atoms with Crippen LogP contribution in [0.15, 0.2) is 61.2 Å². The summed E-state index contributed by atoms with van der Waals surface area (Å²) >= 11 is 1.47. The van der Waals surface area contributed by atoms with Gasteiger partial charge in [-0.1, -0.05) is 23.5 Å². The molecule has 2 aromatic heterocycles. The lowest BCUT2D eigenvalue weighted by Crippen LogP contribution is -2.36. The molecule has 9 heteroatoms. The quantitative estimate of drug-likeness (QED) is 0.326. The molecule has 1 amide bonds. The van der Waals surface area contributed by atoms with Crippen molar-refractivity contribution in [1.82, 2.24) is 14.5 Å². The average molecular weight is 467 g/mol. The molecule has 4 rings (SSSR count). The number of carbonyl (C=O) groups is 1. The van der Waals surface area contributed by atoms with Crippen LogP contribution in [0.5, 0.6) is 17.2 Å². The molecule has 4 aromatic rings. The summed E-state index contributed by atoms with van der Waals surface area (Å²) in [7, 11) is 1.57. The van der Waals surface area contributed by atoms with E-state index in [1.807, 2.05) is 48.0 Å². The van der Waals surface area contributed by atoms with Crippen LogP contribution >= 0.6 is 11.3 Å². The van der Waals surface area contributed by atoms with Gasteiger partial charge in [0.2, 0.25) is 0 Å². The lowest BCUT2D eigenvalue weighted by Gasteiger charge is -2.20. The van der Waals surface area contributed by atoms with Gasteiger partial charge in [-0.15, -0.1) is 0 Å². The van der Waals surface area contributed by atoms with Crippen molar-refractivity contribution in [3.63, 3.8) is 0 Å². The van der Waals surface area contributed by atoms with Gasteiger partial charge in [0.25, 0.3) is 5.91 Å². The highest BCUT2D eigenvalue weighted by molar-refractivity contribution is 7.22. The predicted molar refractivity (Wildman–Crippen MR) is 128 cm³/mol. The lowest BCUT2D eigenvalue weighted by atomic mass is 10.3. The highest BCUT2D eigenvalue weighted by atomic mass is 32.1. The largest absolute Gasteiger partial charge is 0.494 e. The summed E-state index contributed by atoms with van der Waals surface area (Å²) < 4.78 is 19.7. The summed E-state index contributed by atoms with van der Waals surface area (Å²) in [6, 6.07) is 13.0. The van der Waals surface area contributed by atoms with Crippen LogP contribution in [-0.4, -0.2) is 47.3 Å². The Hall–Kier alpha value is -3.59. The van der Waals surface area contributed by atoms with E-state index in [1.165, 1.54) is 11.3 Å². The molecule has 0 N–H and O–H groups in total. The van der Waals surface area contributed by atoms with Crippen LogP contribution in [0.3, 0.4) is 0 Å². The van der Waals surface area contributed by atoms with Crippen molar-refractivity contribution in [2.24, 2.45) is 0 Å². The molecule has 0 atom stereocenters. The maximum Gasteiger partial charge on any atom is 0.266 e.